The minimum Gasteiger partial charge on any atom is -0.299 e. The third-order valence-electron chi connectivity index (χ3n) is 4.45. The second kappa shape index (κ2) is 5.55. The van der Waals surface area contributed by atoms with Crippen molar-refractivity contribution >= 4 is 21.7 Å². The Morgan fingerprint density at radius 1 is 1.25 bits per heavy atom. The van der Waals surface area contributed by atoms with Gasteiger partial charge < -0.3 is 0 Å². The number of rotatable bonds is 2. The van der Waals surface area contributed by atoms with Crippen LogP contribution in [0.2, 0.25) is 0 Å². The van der Waals surface area contributed by atoms with Gasteiger partial charge in [0.25, 0.3) is 0 Å². The maximum absolute atomic E-state index is 14.3. The molecule has 4 heteroatoms. The summed E-state index contributed by atoms with van der Waals surface area (Å²) in [6, 6.07) is 2.61. The van der Waals surface area contributed by atoms with E-state index in [1.165, 1.54) is 12.1 Å². The number of carbonyl (C=O) groups is 1. The molecule has 0 aromatic heterocycles. The predicted molar refractivity (Wildman–Crippen MR) is 78.6 cm³/mol. The van der Waals surface area contributed by atoms with Crippen LogP contribution < -0.4 is 0 Å². The number of benzene rings is 1. The first-order valence-corrected chi connectivity index (χ1v) is 7.71. The van der Waals surface area contributed by atoms with E-state index in [4.69, 9.17) is 0 Å². The summed E-state index contributed by atoms with van der Waals surface area (Å²) in [4.78, 5) is 12.3. The molecule has 2 unspecified atom stereocenters. The molecule has 0 spiro atoms. The van der Waals surface area contributed by atoms with Gasteiger partial charge in [0.2, 0.25) is 0 Å². The SMILES string of the molecule is CC1CCC(C(C)(C)c2c(F)ccc(Br)c2F)C(=O)C1. The lowest BCUT2D eigenvalue weighted by Crippen LogP contribution is -2.39. The Labute approximate surface area is 126 Å². The normalized spacial score (nSPS) is 24.0. The fourth-order valence-electron chi connectivity index (χ4n) is 3.26. The lowest BCUT2D eigenvalue weighted by molar-refractivity contribution is -0.128. The van der Waals surface area contributed by atoms with E-state index in [0.717, 1.165) is 6.42 Å². The van der Waals surface area contributed by atoms with Crippen molar-refractivity contribution in [2.24, 2.45) is 11.8 Å². The Hall–Kier alpha value is -0.770. The van der Waals surface area contributed by atoms with Gasteiger partial charge in [-0.05, 0) is 46.8 Å². The number of carbonyl (C=O) groups excluding carboxylic acids is 1. The van der Waals surface area contributed by atoms with Gasteiger partial charge in [-0.3, -0.25) is 4.79 Å². The van der Waals surface area contributed by atoms with E-state index < -0.39 is 17.0 Å². The van der Waals surface area contributed by atoms with Gasteiger partial charge in [0.15, 0.2) is 0 Å². The van der Waals surface area contributed by atoms with Crippen molar-refractivity contribution in [3.63, 3.8) is 0 Å². The smallest absolute Gasteiger partial charge is 0.144 e. The first kappa shape index (κ1) is 15.6. The fraction of sp³-hybridized carbons (Fsp3) is 0.562. The van der Waals surface area contributed by atoms with Gasteiger partial charge in [-0.25, -0.2) is 8.78 Å². The Balaban J connectivity index is 2.45. The van der Waals surface area contributed by atoms with Crippen LogP contribution in [0, 0.1) is 23.5 Å². The number of ketones is 1. The Morgan fingerprint density at radius 2 is 1.90 bits per heavy atom. The molecule has 0 saturated heterocycles. The van der Waals surface area contributed by atoms with E-state index in [0.29, 0.717) is 18.8 Å². The van der Waals surface area contributed by atoms with Gasteiger partial charge >= 0.3 is 0 Å². The summed E-state index contributed by atoms with van der Waals surface area (Å²) >= 11 is 3.09. The van der Waals surface area contributed by atoms with Crippen LogP contribution in [0.4, 0.5) is 8.78 Å². The van der Waals surface area contributed by atoms with Crippen molar-refractivity contribution in [2.75, 3.05) is 0 Å². The third-order valence-corrected chi connectivity index (χ3v) is 5.06. The monoisotopic (exact) mass is 344 g/mol. The Bertz CT molecular complexity index is 540. The molecule has 0 bridgehead atoms. The van der Waals surface area contributed by atoms with Crippen LogP contribution in [0.5, 0.6) is 0 Å². The van der Waals surface area contributed by atoms with Crippen molar-refractivity contribution in [2.45, 2.75) is 45.4 Å². The molecule has 1 aliphatic carbocycles. The molecular weight excluding hydrogens is 326 g/mol. The molecule has 1 aromatic rings. The molecule has 20 heavy (non-hydrogen) atoms. The Kier molecular flexibility index (Phi) is 4.33. The third kappa shape index (κ3) is 2.67. The minimum absolute atomic E-state index is 0.0137. The molecule has 1 nitrogen and oxygen atoms in total. The number of hydrogen-bond acceptors (Lipinski definition) is 1. The average molecular weight is 345 g/mol. The van der Waals surface area contributed by atoms with Gasteiger partial charge in [-0.2, -0.15) is 0 Å². The topological polar surface area (TPSA) is 17.1 Å². The van der Waals surface area contributed by atoms with E-state index >= 15 is 0 Å². The number of Topliss-reactive ketones (excluding diaryl/α,β-unsaturated/α-hetero) is 1. The zero-order chi connectivity index (χ0) is 15.1. The molecule has 110 valence electrons. The van der Waals surface area contributed by atoms with Crippen LogP contribution in [0.25, 0.3) is 0 Å². The molecule has 0 heterocycles. The lowest BCUT2D eigenvalue weighted by Gasteiger charge is -2.38. The molecule has 0 aliphatic heterocycles. The molecule has 0 amide bonds. The van der Waals surface area contributed by atoms with E-state index in [1.807, 2.05) is 6.92 Å². The molecule has 1 fully saturated rings. The molecule has 1 aliphatic rings. The standard InChI is InChI=1S/C16H19BrF2O/c1-9-4-5-10(13(20)8-9)16(2,3)14-12(18)7-6-11(17)15(14)19/h6-7,9-10H,4-5,8H2,1-3H3. The van der Waals surface area contributed by atoms with Crippen molar-refractivity contribution in [1.29, 1.82) is 0 Å². The van der Waals surface area contributed by atoms with Crippen LogP contribution in [0.1, 0.15) is 45.6 Å². The van der Waals surface area contributed by atoms with Gasteiger partial charge in [0.05, 0.1) is 4.47 Å². The lowest BCUT2D eigenvalue weighted by atomic mass is 9.65. The molecule has 0 radical (unpaired) electrons. The summed E-state index contributed by atoms with van der Waals surface area (Å²) in [6.07, 6.45) is 2.13. The van der Waals surface area contributed by atoms with Gasteiger partial charge in [0.1, 0.15) is 17.4 Å². The van der Waals surface area contributed by atoms with Crippen molar-refractivity contribution in [3.05, 3.63) is 33.8 Å². The summed E-state index contributed by atoms with van der Waals surface area (Å²) in [7, 11) is 0. The van der Waals surface area contributed by atoms with Crippen molar-refractivity contribution < 1.29 is 13.6 Å². The second-order valence-electron chi connectivity index (χ2n) is 6.35. The maximum atomic E-state index is 14.3. The highest BCUT2D eigenvalue weighted by molar-refractivity contribution is 9.10. The van der Waals surface area contributed by atoms with E-state index in [2.05, 4.69) is 15.9 Å². The molecule has 2 atom stereocenters. The summed E-state index contributed by atoms with van der Waals surface area (Å²) < 4.78 is 28.7. The zero-order valence-corrected chi connectivity index (χ0v) is 13.6. The summed E-state index contributed by atoms with van der Waals surface area (Å²) in [5.74, 6) is -1.01. The number of halogens is 3. The average Bonchev–Trinajstić information content (AvgIpc) is 2.33. The van der Waals surface area contributed by atoms with Gasteiger partial charge in [-0.1, -0.05) is 20.8 Å². The first-order chi connectivity index (χ1) is 9.25. The highest BCUT2D eigenvalue weighted by atomic mass is 79.9. The van der Waals surface area contributed by atoms with Crippen molar-refractivity contribution in [3.8, 4) is 0 Å². The molecular formula is C16H19BrF2O. The summed E-state index contributed by atoms with van der Waals surface area (Å²) in [6.45, 7) is 5.57. The van der Waals surface area contributed by atoms with Crippen LogP contribution in [-0.2, 0) is 10.2 Å². The first-order valence-electron chi connectivity index (χ1n) is 6.91. The summed E-state index contributed by atoms with van der Waals surface area (Å²) in [5, 5.41) is 0. The minimum atomic E-state index is -0.838. The molecule has 1 aromatic carbocycles. The van der Waals surface area contributed by atoms with Gasteiger partial charge in [-0.15, -0.1) is 0 Å². The van der Waals surface area contributed by atoms with E-state index in [1.54, 1.807) is 13.8 Å². The zero-order valence-electron chi connectivity index (χ0n) is 12.0. The van der Waals surface area contributed by atoms with Gasteiger partial charge in [0, 0.05) is 23.3 Å². The maximum Gasteiger partial charge on any atom is 0.144 e. The van der Waals surface area contributed by atoms with E-state index in [-0.39, 0.29) is 21.7 Å². The molecule has 0 N–H and O–H groups in total. The quantitative estimate of drug-likeness (QED) is 0.689. The fourth-order valence-corrected chi connectivity index (χ4v) is 3.59. The number of hydrogen-bond donors (Lipinski definition) is 0. The summed E-state index contributed by atoms with van der Waals surface area (Å²) in [5.41, 5.74) is -0.824. The predicted octanol–water partition coefficient (Wildman–Crippen LogP) is 5.01. The molecule has 1 saturated carbocycles. The van der Waals surface area contributed by atoms with Crippen LogP contribution in [-0.4, -0.2) is 5.78 Å². The van der Waals surface area contributed by atoms with Crippen LogP contribution in [0.3, 0.4) is 0 Å². The van der Waals surface area contributed by atoms with Crippen LogP contribution in [0.15, 0.2) is 16.6 Å². The van der Waals surface area contributed by atoms with Crippen molar-refractivity contribution in [1.82, 2.24) is 0 Å². The van der Waals surface area contributed by atoms with E-state index in [9.17, 15) is 13.6 Å². The Morgan fingerprint density at radius 3 is 2.50 bits per heavy atom. The highest BCUT2D eigenvalue weighted by Crippen LogP contribution is 2.43. The second-order valence-corrected chi connectivity index (χ2v) is 7.20. The van der Waals surface area contributed by atoms with Crippen LogP contribution >= 0.6 is 15.9 Å². The highest BCUT2D eigenvalue weighted by Gasteiger charge is 2.42. The largest absolute Gasteiger partial charge is 0.299 e. The molecule has 2 rings (SSSR count).